The van der Waals surface area contributed by atoms with Gasteiger partial charge in [0.15, 0.2) is 0 Å². The van der Waals surface area contributed by atoms with Crippen molar-refractivity contribution in [2.24, 2.45) is 0 Å². The van der Waals surface area contributed by atoms with Crippen molar-refractivity contribution in [2.75, 3.05) is 54.9 Å². The van der Waals surface area contributed by atoms with E-state index in [0.717, 1.165) is 24.3 Å². The number of amides is 3. The minimum Gasteiger partial charge on any atom is -0.490 e. The van der Waals surface area contributed by atoms with Gasteiger partial charge in [-0.2, -0.15) is 0 Å². The van der Waals surface area contributed by atoms with Crippen LogP contribution in [0, 0.1) is 6.92 Å². The molecule has 2 aliphatic heterocycles. The summed E-state index contributed by atoms with van der Waals surface area (Å²) in [7, 11) is 0. The number of likely N-dealkylation sites (tertiary alicyclic amines) is 1. The van der Waals surface area contributed by atoms with Gasteiger partial charge >= 0.3 is 6.09 Å². The summed E-state index contributed by atoms with van der Waals surface area (Å²) in [4.78, 5) is 42.4. The summed E-state index contributed by atoms with van der Waals surface area (Å²) in [5, 5.41) is 5.92. The molecule has 0 spiro atoms. The Hall–Kier alpha value is -4.57. The number of hydrogen-bond acceptors (Lipinski definition) is 7. The lowest BCUT2D eigenvalue weighted by molar-refractivity contribution is 0.0126. The van der Waals surface area contributed by atoms with Crippen LogP contribution in [0.25, 0.3) is 0 Å². The van der Waals surface area contributed by atoms with Gasteiger partial charge < -0.3 is 34.6 Å². The lowest BCUT2D eigenvalue weighted by Crippen LogP contribution is -2.44. The topological polar surface area (TPSA) is 109 Å². The van der Waals surface area contributed by atoms with Crippen molar-refractivity contribution < 1.29 is 28.6 Å². The lowest BCUT2D eigenvalue weighted by Gasteiger charge is -2.33. The first-order chi connectivity index (χ1) is 21.5. The number of nitrogens with zero attached hydrogens (tertiary/aromatic N) is 2. The number of benzene rings is 3. The third kappa shape index (κ3) is 8.76. The lowest BCUT2D eigenvalue weighted by atomic mass is 10.1. The van der Waals surface area contributed by atoms with Crippen LogP contribution < -0.4 is 20.3 Å². The molecule has 3 amide bonds. The van der Waals surface area contributed by atoms with Gasteiger partial charge in [0.05, 0.1) is 13.2 Å². The molecule has 2 N–H and O–H groups in total. The number of piperidine rings is 1. The van der Waals surface area contributed by atoms with Crippen LogP contribution in [0.1, 0.15) is 59.9 Å². The van der Waals surface area contributed by atoms with Gasteiger partial charge in [-0.3, -0.25) is 9.59 Å². The highest BCUT2D eigenvalue weighted by atomic mass is 16.6. The molecular formula is C35H42N4O6. The quantitative estimate of drug-likeness (QED) is 0.330. The Morgan fingerprint density at radius 2 is 1.51 bits per heavy atom. The van der Waals surface area contributed by atoms with E-state index in [1.54, 1.807) is 41.3 Å². The van der Waals surface area contributed by atoms with Crippen molar-refractivity contribution in [3.05, 3.63) is 83.4 Å². The number of carbonyl (C=O) groups excluding carboxylic acids is 3. The summed E-state index contributed by atoms with van der Waals surface area (Å²) >= 11 is 0. The summed E-state index contributed by atoms with van der Waals surface area (Å²) in [6.07, 6.45) is 1.08. The summed E-state index contributed by atoms with van der Waals surface area (Å²) < 4.78 is 17.0. The standard InChI is InChI=1S/C35H42N4O6/c1-24-8-11-27(36-33(41)26-6-5-7-28(22-26)38-18-20-43-21-19-38)23-31(24)37-32(40)25-9-12-29(13-10-25)44-30-14-16-39(17-15-30)34(42)45-35(2,3)4/h5-13,22-23,30H,14-21H2,1-4H3,(H,36,41)(H,37,40). The summed E-state index contributed by atoms with van der Waals surface area (Å²) in [5.41, 5.74) is 3.57. The second-order valence-electron chi connectivity index (χ2n) is 12.4. The number of hydrogen-bond donors (Lipinski definition) is 2. The monoisotopic (exact) mass is 614 g/mol. The molecule has 45 heavy (non-hydrogen) atoms. The molecule has 238 valence electrons. The average Bonchev–Trinajstić information content (AvgIpc) is 3.03. The second kappa shape index (κ2) is 14.0. The first kappa shape index (κ1) is 31.8. The first-order valence-electron chi connectivity index (χ1n) is 15.4. The van der Waals surface area contributed by atoms with Crippen LogP contribution >= 0.6 is 0 Å². The van der Waals surface area contributed by atoms with E-state index in [1.807, 2.05) is 58.0 Å². The Balaban J connectivity index is 1.14. The molecule has 10 nitrogen and oxygen atoms in total. The molecule has 3 aromatic rings. The van der Waals surface area contributed by atoms with Crippen LogP contribution in [0.5, 0.6) is 5.75 Å². The number of aryl methyl sites for hydroxylation is 1. The summed E-state index contributed by atoms with van der Waals surface area (Å²) in [6.45, 7) is 11.5. The van der Waals surface area contributed by atoms with E-state index in [-0.39, 0.29) is 24.0 Å². The number of morpholine rings is 1. The van der Waals surface area contributed by atoms with E-state index in [9.17, 15) is 14.4 Å². The molecule has 2 heterocycles. The van der Waals surface area contributed by atoms with Crippen LogP contribution in [0.3, 0.4) is 0 Å². The zero-order valence-corrected chi connectivity index (χ0v) is 26.4. The Bertz CT molecular complexity index is 1500. The molecule has 0 atom stereocenters. The minimum absolute atomic E-state index is 0.0224. The summed E-state index contributed by atoms with van der Waals surface area (Å²) in [5.74, 6) is 0.176. The third-order valence-electron chi connectivity index (χ3n) is 7.74. The minimum atomic E-state index is -0.521. The highest BCUT2D eigenvalue weighted by Gasteiger charge is 2.27. The van der Waals surface area contributed by atoms with Gasteiger partial charge in [0.1, 0.15) is 17.5 Å². The highest BCUT2D eigenvalue weighted by molar-refractivity contribution is 6.07. The Morgan fingerprint density at radius 1 is 0.822 bits per heavy atom. The van der Waals surface area contributed by atoms with E-state index < -0.39 is 5.60 Å². The number of carbonyl (C=O) groups is 3. The van der Waals surface area contributed by atoms with Gasteiger partial charge in [-0.15, -0.1) is 0 Å². The molecule has 0 aromatic heterocycles. The number of rotatable bonds is 7. The Morgan fingerprint density at radius 3 is 2.20 bits per heavy atom. The summed E-state index contributed by atoms with van der Waals surface area (Å²) in [6, 6.07) is 20.0. The van der Waals surface area contributed by atoms with Gasteiger partial charge in [0.2, 0.25) is 0 Å². The molecule has 0 aliphatic carbocycles. The molecular weight excluding hydrogens is 572 g/mol. The van der Waals surface area contributed by atoms with Crippen LogP contribution in [0.15, 0.2) is 66.7 Å². The molecule has 2 fully saturated rings. The van der Waals surface area contributed by atoms with Crippen molar-refractivity contribution in [2.45, 2.75) is 52.2 Å². The molecule has 2 aliphatic rings. The highest BCUT2D eigenvalue weighted by Crippen LogP contribution is 2.25. The van der Waals surface area contributed by atoms with Gasteiger partial charge in [-0.1, -0.05) is 12.1 Å². The largest absolute Gasteiger partial charge is 0.490 e. The van der Waals surface area contributed by atoms with E-state index in [2.05, 4.69) is 15.5 Å². The van der Waals surface area contributed by atoms with Crippen molar-refractivity contribution in [1.29, 1.82) is 0 Å². The fourth-order valence-corrected chi connectivity index (χ4v) is 5.26. The van der Waals surface area contributed by atoms with Crippen LogP contribution in [-0.4, -0.2) is 73.9 Å². The van der Waals surface area contributed by atoms with Crippen molar-refractivity contribution in [3.8, 4) is 5.75 Å². The third-order valence-corrected chi connectivity index (χ3v) is 7.74. The predicted octanol–water partition coefficient (Wildman–Crippen LogP) is 6.11. The van der Waals surface area contributed by atoms with Gasteiger partial charge in [0.25, 0.3) is 11.8 Å². The van der Waals surface area contributed by atoms with Crippen molar-refractivity contribution in [3.63, 3.8) is 0 Å². The number of anilines is 3. The predicted molar refractivity (Wildman–Crippen MR) is 174 cm³/mol. The average molecular weight is 615 g/mol. The van der Waals surface area contributed by atoms with E-state index >= 15 is 0 Å². The van der Waals surface area contributed by atoms with E-state index in [4.69, 9.17) is 14.2 Å². The smallest absolute Gasteiger partial charge is 0.410 e. The number of ether oxygens (including phenoxy) is 3. The van der Waals surface area contributed by atoms with Crippen LogP contribution in [-0.2, 0) is 9.47 Å². The van der Waals surface area contributed by atoms with E-state index in [1.165, 1.54) is 0 Å². The maximum atomic E-state index is 13.1. The molecule has 0 radical (unpaired) electrons. The molecule has 3 aromatic carbocycles. The zero-order valence-electron chi connectivity index (χ0n) is 26.4. The Kier molecular flexibility index (Phi) is 9.93. The fourth-order valence-electron chi connectivity index (χ4n) is 5.26. The maximum Gasteiger partial charge on any atom is 0.410 e. The molecule has 2 saturated heterocycles. The fraction of sp³-hybridized carbons (Fsp3) is 0.400. The molecule has 0 unspecified atom stereocenters. The SMILES string of the molecule is Cc1ccc(NC(=O)c2cccc(N3CCOCC3)c2)cc1NC(=O)c1ccc(OC2CCN(C(=O)OC(C)(C)C)CC2)cc1. The molecule has 10 heteroatoms. The van der Waals surface area contributed by atoms with Gasteiger partial charge in [-0.05, 0) is 87.9 Å². The van der Waals surface area contributed by atoms with Crippen LogP contribution in [0.2, 0.25) is 0 Å². The zero-order chi connectivity index (χ0) is 32.0. The Labute approximate surface area is 264 Å². The molecule has 0 bridgehead atoms. The molecule has 0 saturated carbocycles. The normalized spacial score (nSPS) is 15.7. The van der Waals surface area contributed by atoms with Crippen LogP contribution in [0.4, 0.5) is 21.9 Å². The maximum absolute atomic E-state index is 13.1. The van der Waals surface area contributed by atoms with Gasteiger partial charge in [0, 0.05) is 67.2 Å². The van der Waals surface area contributed by atoms with Crippen molar-refractivity contribution >= 4 is 35.0 Å². The first-order valence-corrected chi connectivity index (χ1v) is 15.4. The van der Waals surface area contributed by atoms with Gasteiger partial charge in [-0.25, -0.2) is 4.79 Å². The second-order valence-corrected chi connectivity index (χ2v) is 12.4. The number of nitrogens with one attached hydrogen (secondary N) is 2. The van der Waals surface area contributed by atoms with Crippen molar-refractivity contribution in [1.82, 2.24) is 4.90 Å². The molecule has 5 rings (SSSR count). The van der Waals surface area contributed by atoms with E-state index in [0.29, 0.717) is 67.4 Å².